The van der Waals surface area contributed by atoms with Gasteiger partial charge in [0, 0.05) is 5.92 Å². The third-order valence-corrected chi connectivity index (χ3v) is 3.94. The van der Waals surface area contributed by atoms with Crippen LogP contribution in [-0.4, -0.2) is 20.1 Å². The monoisotopic (exact) mass is 271 g/mol. The van der Waals surface area contributed by atoms with Crippen LogP contribution in [0.3, 0.4) is 0 Å². The maximum Gasteiger partial charge on any atom is 0.112 e. The van der Waals surface area contributed by atoms with Crippen molar-refractivity contribution in [1.82, 2.24) is 15.0 Å². The quantitative estimate of drug-likeness (QED) is 0.909. The minimum atomic E-state index is -0.0158. The molecule has 20 heavy (non-hydrogen) atoms. The van der Waals surface area contributed by atoms with Gasteiger partial charge in [-0.25, -0.2) is 4.68 Å². The van der Waals surface area contributed by atoms with E-state index >= 15 is 0 Å². The van der Waals surface area contributed by atoms with Crippen LogP contribution in [0.2, 0.25) is 0 Å². The highest BCUT2D eigenvalue weighted by Gasteiger charge is 2.30. The number of hydrogen-bond donors (Lipinski definition) is 1. The predicted molar refractivity (Wildman–Crippen MR) is 77.6 cm³/mol. The Balaban J connectivity index is 1.82. The molecule has 0 amide bonds. The average Bonchev–Trinajstić information content (AvgIpc) is 3.21. The van der Waals surface area contributed by atoms with Crippen molar-refractivity contribution in [3.05, 3.63) is 46.8 Å². The van der Waals surface area contributed by atoms with Gasteiger partial charge in [-0.3, -0.25) is 0 Å². The second-order valence-corrected chi connectivity index (χ2v) is 5.91. The van der Waals surface area contributed by atoms with Crippen molar-refractivity contribution in [1.29, 1.82) is 0 Å². The normalized spacial score (nSPS) is 15.0. The lowest BCUT2D eigenvalue weighted by Gasteiger charge is -2.09. The molecular weight excluding hydrogens is 250 g/mol. The molecule has 0 radical (unpaired) electrons. The van der Waals surface area contributed by atoms with E-state index in [-0.39, 0.29) is 6.61 Å². The van der Waals surface area contributed by atoms with Crippen molar-refractivity contribution in [2.75, 3.05) is 0 Å². The standard InChI is InChI=1S/C16H21N3O/c1-11(2)13-5-3-12(4-6-13)9-19-16(14-7-8-14)15(10-20)17-18-19/h3-6,11,14,20H,7-10H2,1-2H3. The summed E-state index contributed by atoms with van der Waals surface area (Å²) >= 11 is 0. The van der Waals surface area contributed by atoms with E-state index in [0.717, 1.165) is 17.9 Å². The highest BCUT2D eigenvalue weighted by molar-refractivity contribution is 5.26. The smallest absolute Gasteiger partial charge is 0.112 e. The van der Waals surface area contributed by atoms with Gasteiger partial charge >= 0.3 is 0 Å². The van der Waals surface area contributed by atoms with Crippen LogP contribution >= 0.6 is 0 Å². The summed E-state index contributed by atoms with van der Waals surface area (Å²) in [6.45, 7) is 5.12. The van der Waals surface area contributed by atoms with Crippen molar-refractivity contribution >= 4 is 0 Å². The number of aliphatic hydroxyl groups excluding tert-OH is 1. The lowest BCUT2D eigenvalue weighted by Crippen LogP contribution is -2.07. The molecule has 0 aliphatic heterocycles. The van der Waals surface area contributed by atoms with Crippen LogP contribution in [0.15, 0.2) is 24.3 Å². The van der Waals surface area contributed by atoms with Gasteiger partial charge in [0.25, 0.3) is 0 Å². The molecule has 1 aromatic carbocycles. The number of rotatable bonds is 5. The Hall–Kier alpha value is -1.68. The fourth-order valence-corrected chi connectivity index (χ4v) is 2.57. The maximum absolute atomic E-state index is 9.36. The number of hydrogen-bond acceptors (Lipinski definition) is 3. The second-order valence-electron chi connectivity index (χ2n) is 5.91. The average molecular weight is 271 g/mol. The van der Waals surface area contributed by atoms with Crippen LogP contribution in [0, 0.1) is 0 Å². The predicted octanol–water partition coefficient (Wildman–Crippen LogP) is 2.82. The first-order valence-corrected chi connectivity index (χ1v) is 7.31. The van der Waals surface area contributed by atoms with Crippen molar-refractivity contribution in [3.63, 3.8) is 0 Å². The van der Waals surface area contributed by atoms with Gasteiger partial charge in [0.1, 0.15) is 5.69 Å². The van der Waals surface area contributed by atoms with Gasteiger partial charge in [-0.05, 0) is 29.9 Å². The van der Waals surface area contributed by atoms with Crippen LogP contribution < -0.4 is 0 Å². The van der Waals surface area contributed by atoms with Crippen molar-refractivity contribution in [3.8, 4) is 0 Å². The molecule has 0 atom stereocenters. The topological polar surface area (TPSA) is 50.9 Å². The van der Waals surface area contributed by atoms with E-state index < -0.39 is 0 Å². The molecule has 1 heterocycles. The molecule has 1 N–H and O–H groups in total. The fraction of sp³-hybridized carbons (Fsp3) is 0.500. The summed E-state index contributed by atoms with van der Waals surface area (Å²) in [5, 5.41) is 17.7. The molecule has 3 rings (SSSR count). The SMILES string of the molecule is CC(C)c1ccc(Cn2nnc(CO)c2C2CC2)cc1. The molecule has 0 saturated heterocycles. The molecule has 0 bridgehead atoms. The first-order chi connectivity index (χ1) is 9.69. The Morgan fingerprint density at radius 3 is 2.50 bits per heavy atom. The molecule has 4 nitrogen and oxygen atoms in total. The third kappa shape index (κ3) is 2.61. The van der Waals surface area contributed by atoms with E-state index in [2.05, 4.69) is 48.4 Å². The molecular formula is C16H21N3O. The number of benzene rings is 1. The molecule has 1 aliphatic carbocycles. The molecule has 0 unspecified atom stereocenters. The summed E-state index contributed by atoms with van der Waals surface area (Å²) in [7, 11) is 0. The van der Waals surface area contributed by atoms with Crippen LogP contribution in [0.5, 0.6) is 0 Å². The Kier molecular flexibility index (Phi) is 3.57. The molecule has 0 spiro atoms. The van der Waals surface area contributed by atoms with E-state index in [1.54, 1.807) is 0 Å². The van der Waals surface area contributed by atoms with E-state index in [0.29, 0.717) is 11.8 Å². The van der Waals surface area contributed by atoms with Crippen LogP contribution in [0.1, 0.15) is 61.0 Å². The highest BCUT2D eigenvalue weighted by Crippen LogP contribution is 2.41. The second kappa shape index (κ2) is 5.37. The first kappa shape index (κ1) is 13.3. The van der Waals surface area contributed by atoms with Crippen LogP contribution in [-0.2, 0) is 13.2 Å². The van der Waals surface area contributed by atoms with E-state index in [1.165, 1.54) is 24.0 Å². The molecule has 1 saturated carbocycles. The van der Waals surface area contributed by atoms with Gasteiger partial charge in [0.05, 0.1) is 18.8 Å². The van der Waals surface area contributed by atoms with Crippen LogP contribution in [0.25, 0.3) is 0 Å². The van der Waals surface area contributed by atoms with Gasteiger partial charge in [-0.15, -0.1) is 5.10 Å². The van der Waals surface area contributed by atoms with Gasteiger partial charge in [0.2, 0.25) is 0 Å². The minimum Gasteiger partial charge on any atom is -0.390 e. The number of aromatic nitrogens is 3. The fourth-order valence-electron chi connectivity index (χ4n) is 2.57. The largest absolute Gasteiger partial charge is 0.390 e. The molecule has 2 aromatic rings. The van der Waals surface area contributed by atoms with Gasteiger partial charge in [-0.2, -0.15) is 0 Å². The van der Waals surface area contributed by atoms with Gasteiger partial charge in [0.15, 0.2) is 0 Å². The Morgan fingerprint density at radius 1 is 1.25 bits per heavy atom. The summed E-state index contributed by atoms with van der Waals surface area (Å²) in [4.78, 5) is 0. The zero-order chi connectivity index (χ0) is 14.1. The lowest BCUT2D eigenvalue weighted by molar-refractivity contribution is 0.275. The Bertz CT molecular complexity index is 582. The summed E-state index contributed by atoms with van der Waals surface area (Å²) in [6, 6.07) is 8.68. The van der Waals surface area contributed by atoms with Crippen molar-refractivity contribution in [2.24, 2.45) is 0 Å². The van der Waals surface area contributed by atoms with Crippen molar-refractivity contribution < 1.29 is 5.11 Å². The van der Waals surface area contributed by atoms with E-state index in [9.17, 15) is 5.11 Å². The zero-order valence-electron chi connectivity index (χ0n) is 12.1. The lowest BCUT2D eigenvalue weighted by atomic mass is 10.0. The summed E-state index contributed by atoms with van der Waals surface area (Å²) in [5.41, 5.74) is 4.45. The Morgan fingerprint density at radius 2 is 1.95 bits per heavy atom. The van der Waals surface area contributed by atoms with E-state index in [4.69, 9.17) is 0 Å². The zero-order valence-corrected chi connectivity index (χ0v) is 12.1. The first-order valence-electron chi connectivity index (χ1n) is 7.31. The van der Waals surface area contributed by atoms with Gasteiger partial charge < -0.3 is 5.11 Å². The third-order valence-electron chi connectivity index (χ3n) is 3.94. The minimum absolute atomic E-state index is 0.0158. The summed E-state index contributed by atoms with van der Waals surface area (Å²) < 4.78 is 1.95. The van der Waals surface area contributed by atoms with Crippen LogP contribution in [0.4, 0.5) is 0 Å². The van der Waals surface area contributed by atoms with Crippen molar-refractivity contribution in [2.45, 2.75) is 51.7 Å². The highest BCUT2D eigenvalue weighted by atomic mass is 16.3. The van der Waals surface area contributed by atoms with E-state index in [1.807, 2.05) is 4.68 Å². The molecule has 1 fully saturated rings. The molecule has 4 heteroatoms. The Labute approximate surface area is 119 Å². The molecule has 106 valence electrons. The summed E-state index contributed by atoms with van der Waals surface area (Å²) in [6.07, 6.45) is 2.37. The van der Waals surface area contributed by atoms with Gasteiger partial charge in [-0.1, -0.05) is 43.3 Å². The number of nitrogens with zero attached hydrogens (tertiary/aromatic N) is 3. The molecule has 1 aromatic heterocycles. The molecule has 1 aliphatic rings. The summed E-state index contributed by atoms with van der Waals surface area (Å²) in [5.74, 6) is 1.10. The number of aliphatic hydroxyl groups is 1. The maximum atomic E-state index is 9.36.